The second-order valence-corrected chi connectivity index (χ2v) is 7.20. The fourth-order valence-corrected chi connectivity index (χ4v) is 4.07. The number of aromatic amines is 1. The van der Waals surface area contributed by atoms with Crippen LogP contribution in [0.25, 0.3) is 0 Å². The Kier molecular flexibility index (Phi) is 4.27. The van der Waals surface area contributed by atoms with E-state index in [0.29, 0.717) is 17.9 Å². The van der Waals surface area contributed by atoms with Crippen molar-refractivity contribution in [2.75, 3.05) is 42.6 Å². The van der Waals surface area contributed by atoms with Gasteiger partial charge in [0.05, 0.1) is 17.4 Å². The number of nitrogens with one attached hydrogen (secondary N) is 2. The zero-order valence-corrected chi connectivity index (χ0v) is 15.3. The number of carbonyl (C=O) groups excluding carboxylic acids is 2. The lowest BCUT2D eigenvalue weighted by Gasteiger charge is -2.31. The average Bonchev–Trinajstić information content (AvgIpc) is 2.89. The van der Waals surface area contributed by atoms with Gasteiger partial charge in [0.15, 0.2) is 6.67 Å². The second-order valence-electron chi connectivity index (χ2n) is 6.34. The summed E-state index contributed by atoms with van der Waals surface area (Å²) in [5.74, 6) is 0.281. The van der Waals surface area contributed by atoms with Gasteiger partial charge in [0.2, 0.25) is 0 Å². The maximum Gasteiger partial charge on any atom is 0.303 e. The standard InChI is InChI=1S/C18H17BrN4O2/c19-14-5-3-4-13-16(14)23(18(25)17(13)24)12-21-8-10-22(11-9-21)15-6-1-2-7-20-15/h1-7H,8-12H2/p+2. The summed E-state index contributed by atoms with van der Waals surface area (Å²) in [6.07, 6.45) is 1.93. The summed E-state index contributed by atoms with van der Waals surface area (Å²) in [5.41, 5.74) is 1.21. The first-order valence-corrected chi connectivity index (χ1v) is 9.14. The van der Waals surface area contributed by atoms with Crippen LogP contribution in [0.2, 0.25) is 0 Å². The van der Waals surface area contributed by atoms with Gasteiger partial charge in [0.25, 0.3) is 11.6 Å². The van der Waals surface area contributed by atoms with E-state index in [-0.39, 0.29) is 0 Å². The number of para-hydroxylation sites is 1. The second kappa shape index (κ2) is 6.57. The lowest BCUT2D eigenvalue weighted by Crippen LogP contribution is -3.16. The highest BCUT2D eigenvalue weighted by Crippen LogP contribution is 2.35. The van der Waals surface area contributed by atoms with E-state index in [2.05, 4.69) is 31.9 Å². The largest absolute Gasteiger partial charge is 0.311 e. The molecule has 0 radical (unpaired) electrons. The molecule has 2 aliphatic heterocycles. The molecule has 0 atom stereocenters. The minimum atomic E-state index is -0.423. The van der Waals surface area contributed by atoms with Crippen LogP contribution in [-0.4, -0.2) is 44.5 Å². The van der Waals surface area contributed by atoms with Crippen LogP contribution < -0.4 is 19.7 Å². The molecule has 7 heteroatoms. The van der Waals surface area contributed by atoms with E-state index >= 15 is 0 Å². The average molecular weight is 403 g/mol. The van der Waals surface area contributed by atoms with Crippen molar-refractivity contribution < 1.29 is 19.5 Å². The molecule has 1 saturated heterocycles. The topological polar surface area (TPSA) is 59.2 Å². The van der Waals surface area contributed by atoms with Gasteiger partial charge in [0, 0.05) is 10.5 Å². The summed E-state index contributed by atoms with van der Waals surface area (Å²) in [5, 5.41) is 0. The van der Waals surface area contributed by atoms with Crippen molar-refractivity contribution in [3.8, 4) is 0 Å². The quantitative estimate of drug-likeness (QED) is 0.743. The predicted molar refractivity (Wildman–Crippen MR) is 96.7 cm³/mol. The van der Waals surface area contributed by atoms with Gasteiger partial charge < -0.3 is 4.90 Å². The molecule has 0 saturated carbocycles. The molecular weight excluding hydrogens is 384 g/mol. The Labute approximate surface area is 154 Å². The van der Waals surface area contributed by atoms with Gasteiger partial charge >= 0.3 is 5.91 Å². The van der Waals surface area contributed by atoms with Gasteiger partial charge in [-0.15, -0.1) is 0 Å². The number of quaternary nitrogens is 1. The molecule has 1 aromatic heterocycles. The normalized spacial score (nSPS) is 18.0. The molecule has 1 aromatic carbocycles. The highest BCUT2D eigenvalue weighted by Gasteiger charge is 2.40. The number of piperazine rings is 1. The number of halogens is 1. The van der Waals surface area contributed by atoms with Crippen LogP contribution in [-0.2, 0) is 4.79 Å². The van der Waals surface area contributed by atoms with Crippen molar-refractivity contribution in [2.24, 2.45) is 0 Å². The summed E-state index contributed by atoms with van der Waals surface area (Å²) < 4.78 is 0.793. The van der Waals surface area contributed by atoms with Crippen LogP contribution in [0.15, 0.2) is 47.1 Å². The van der Waals surface area contributed by atoms with Crippen LogP contribution in [0, 0.1) is 0 Å². The molecule has 25 heavy (non-hydrogen) atoms. The van der Waals surface area contributed by atoms with E-state index in [1.54, 1.807) is 17.0 Å². The first-order chi connectivity index (χ1) is 12.1. The van der Waals surface area contributed by atoms with E-state index in [1.807, 2.05) is 24.4 Å². The van der Waals surface area contributed by atoms with Gasteiger partial charge in [-0.3, -0.25) is 19.4 Å². The third-order valence-corrected chi connectivity index (χ3v) is 5.47. The number of pyridine rings is 1. The molecule has 128 valence electrons. The minimum absolute atomic E-state index is 0.409. The number of aromatic nitrogens is 1. The molecule has 0 bridgehead atoms. The Bertz CT molecular complexity index is 819. The zero-order valence-electron chi connectivity index (χ0n) is 13.7. The Morgan fingerprint density at radius 2 is 1.88 bits per heavy atom. The van der Waals surface area contributed by atoms with E-state index in [1.165, 1.54) is 4.90 Å². The van der Waals surface area contributed by atoms with Crippen molar-refractivity contribution in [2.45, 2.75) is 0 Å². The molecule has 2 aromatic rings. The first-order valence-electron chi connectivity index (χ1n) is 8.35. The molecule has 3 heterocycles. The van der Waals surface area contributed by atoms with Crippen LogP contribution >= 0.6 is 15.9 Å². The molecule has 0 aliphatic carbocycles. The molecule has 1 amide bonds. The highest BCUT2D eigenvalue weighted by molar-refractivity contribution is 9.10. The van der Waals surface area contributed by atoms with Crippen LogP contribution in [0.4, 0.5) is 11.5 Å². The van der Waals surface area contributed by atoms with Crippen LogP contribution in [0.1, 0.15) is 10.4 Å². The van der Waals surface area contributed by atoms with Gasteiger partial charge in [0.1, 0.15) is 26.2 Å². The number of hydrogen-bond donors (Lipinski definition) is 1. The molecule has 1 fully saturated rings. The lowest BCUT2D eigenvalue weighted by atomic mass is 10.1. The Balaban J connectivity index is 1.46. The number of anilines is 2. The SMILES string of the molecule is O=C1C(=O)N(C[NH+]2CCN(c3cccc[nH+]3)CC2)c2c(Br)cccc21. The van der Waals surface area contributed by atoms with Crippen molar-refractivity contribution in [3.63, 3.8) is 0 Å². The van der Waals surface area contributed by atoms with Gasteiger partial charge in [-0.1, -0.05) is 12.1 Å². The Hall–Kier alpha value is -2.25. The van der Waals surface area contributed by atoms with Crippen molar-refractivity contribution in [1.29, 1.82) is 0 Å². The maximum atomic E-state index is 12.4. The predicted octanol–water partition coefficient (Wildman–Crippen LogP) is 0.155. The monoisotopic (exact) mass is 402 g/mol. The smallest absolute Gasteiger partial charge is 0.303 e. The number of benzene rings is 1. The minimum Gasteiger partial charge on any atom is -0.311 e. The van der Waals surface area contributed by atoms with Crippen molar-refractivity contribution in [1.82, 2.24) is 0 Å². The summed E-state index contributed by atoms with van der Waals surface area (Å²) in [6.45, 7) is 4.18. The van der Waals surface area contributed by atoms with Crippen molar-refractivity contribution in [3.05, 3.63) is 52.6 Å². The number of carbonyl (C=O) groups is 2. The third kappa shape index (κ3) is 2.94. The summed E-state index contributed by atoms with van der Waals surface area (Å²) >= 11 is 3.48. The third-order valence-electron chi connectivity index (χ3n) is 4.83. The fourth-order valence-electron chi connectivity index (χ4n) is 3.49. The van der Waals surface area contributed by atoms with E-state index < -0.39 is 11.7 Å². The van der Waals surface area contributed by atoms with Crippen LogP contribution in [0.5, 0.6) is 0 Å². The number of nitrogens with zero attached hydrogens (tertiary/aromatic N) is 2. The molecule has 4 rings (SSSR count). The molecular formula is C18H19BrN4O2+2. The van der Waals surface area contributed by atoms with Gasteiger partial charge in [-0.2, -0.15) is 0 Å². The molecule has 2 aliphatic rings. The zero-order chi connectivity index (χ0) is 17.4. The van der Waals surface area contributed by atoms with Crippen LogP contribution in [0.3, 0.4) is 0 Å². The van der Waals surface area contributed by atoms with Gasteiger partial charge in [-0.05, 0) is 34.1 Å². The number of amides is 1. The number of hydrogen-bond acceptors (Lipinski definition) is 3. The number of ketones is 1. The van der Waals surface area contributed by atoms with E-state index in [4.69, 9.17) is 0 Å². The maximum absolute atomic E-state index is 12.4. The summed E-state index contributed by atoms with van der Waals surface area (Å²) in [4.78, 5) is 33.1. The molecule has 2 N–H and O–H groups in total. The van der Waals surface area contributed by atoms with Crippen molar-refractivity contribution >= 4 is 39.1 Å². The number of H-pyrrole nitrogens is 1. The lowest BCUT2D eigenvalue weighted by molar-refractivity contribution is -0.899. The fraction of sp³-hybridized carbons (Fsp3) is 0.278. The first kappa shape index (κ1) is 16.2. The summed E-state index contributed by atoms with van der Waals surface area (Å²) in [7, 11) is 0. The highest BCUT2D eigenvalue weighted by atomic mass is 79.9. The Morgan fingerprint density at radius 3 is 2.60 bits per heavy atom. The van der Waals surface area contributed by atoms with Gasteiger partial charge in [-0.25, -0.2) is 4.98 Å². The van der Waals surface area contributed by atoms with E-state index in [0.717, 1.165) is 36.5 Å². The molecule has 6 nitrogen and oxygen atoms in total. The summed E-state index contributed by atoms with van der Waals surface area (Å²) in [6, 6.07) is 11.4. The molecule has 0 unspecified atom stereocenters. The number of fused-ring (bicyclic) bond motifs is 1. The number of rotatable bonds is 3. The Morgan fingerprint density at radius 1 is 1.08 bits per heavy atom. The van der Waals surface area contributed by atoms with E-state index in [9.17, 15) is 9.59 Å². The number of Topliss-reactive ketones (excluding diaryl/α,β-unsaturated/α-hetero) is 1. The molecule has 0 spiro atoms.